The zero-order chi connectivity index (χ0) is 39.1. The SMILES string of the molecule is C=CC1=C(/C=C\C)c2ccc(N(c3ccc(-c4ccc5oc6ccccc6c5c4)cc3)c3ccc(-c4cccc5c4-c4ccccc4C5(C)C)cc3)cc2C1(C)C. The first-order valence-corrected chi connectivity index (χ1v) is 20.0. The van der Waals surface area contributed by atoms with Crippen molar-refractivity contribution in [3.63, 3.8) is 0 Å². The van der Waals surface area contributed by atoms with Gasteiger partial charge in [0.25, 0.3) is 0 Å². The van der Waals surface area contributed by atoms with Crippen molar-refractivity contribution in [2.45, 2.75) is 45.4 Å². The predicted molar refractivity (Wildman–Crippen MR) is 242 cm³/mol. The Morgan fingerprint density at radius 3 is 1.89 bits per heavy atom. The number of allylic oxidation sites excluding steroid dienone is 5. The van der Waals surface area contributed by atoms with E-state index in [9.17, 15) is 0 Å². The minimum Gasteiger partial charge on any atom is -0.456 e. The molecule has 8 aromatic rings. The molecule has 0 N–H and O–H groups in total. The van der Waals surface area contributed by atoms with Gasteiger partial charge in [0, 0.05) is 38.7 Å². The second kappa shape index (κ2) is 13.0. The molecule has 0 aliphatic heterocycles. The summed E-state index contributed by atoms with van der Waals surface area (Å²) < 4.78 is 6.14. The van der Waals surface area contributed by atoms with Gasteiger partial charge < -0.3 is 9.32 Å². The highest BCUT2D eigenvalue weighted by atomic mass is 16.3. The lowest BCUT2D eigenvalue weighted by molar-refractivity contribution is 0.654. The summed E-state index contributed by atoms with van der Waals surface area (Å²) in [5.74, 6) is 0. The fourth-order valence-electron chi connectivity index (χ4n) is 9.70. The summed E-state index contributed by atoms with van der Waals surface area (Å²) in [6, 6.07) is 55.6. The van der Waals surface area contributed by atoms with Crippen LogP contribution < -0.4 is 4.90 Å². The van der Waals surface area contributed by atoms with Gasteiger partial charge in [-0.1, -0.05) is 150 Å². The molecule has 0 unspecified atom stereocenters. The minimum atomic E-state index is -0.186. The van der Waals surface area contributed by atoms with E-state index in [4.69, 9.17) is 4.42 Å². The van der Waals surface area contributed by atoms with Crippen molar-refractivity contribution in [1.82, 2.24) is 0 Å². The number of nitrogens with zero attached hydrogens (tertiary/aromatic N) is 1. The van der Waals surface area contributed by atoms with Crippen LogP contribution in [0.4, 0.5) is 17.1 Å². The zero-order valence-electron chi connectivity index (χ0n) is 33.2. The molecule has 0 atom stereocenters. The van der Waals surface area contributed by atoms with Gasteiger partial charge in [0.15, 0.2) is 0 Å². The van der Waals surface area contributed by atoms with Crippen LogP contribution in [0.3, 0.4) is 0 Å². The topological polar surface area (TPSA) is 16.4 Å². The van der Waals surface area contributed by atoms with Crippen LogP contribution >= 0.6 is 0 Å². The molecular weight excluding hydrogens is 691 g/mol. The van der Waals surface area contributed by atoms with E-state index >= 15 is 0 Å². The summed E-state index contributed by atoms with van der Waals surface area (Å²) in [5, 5.41) is 2.27. The van der Waals surface area contributed by atoms with Crippen molar-refractivity contribution in [1.29, 1.82) is 0 Å². The third kappa shape index (κ3) is 5.31. The fraction of sp³-hybridized carbons (Fsp3) is 0.127. The van der Waals surface area contributed by atoms with Crippen LogP contribution in [0.5, 0.6) is 0 Å². The normalized spacial score (nSPS) is 15.0. The lowest BCUT2D eigenvalue weighted by Crippen LogP contribution is -2.17. The van der Waals surface area contributed by atoms with Gasteiger partial charge in [0.1, 0.15) is 11.2 Å². The van der Waals surface area contributed by atoms with E-state index in [0.29, 0.717) is 0 Å². The maximum Gasteiger partial charge on any atom is 0.135 e. The van der Waals surface area contributed by atoms with Gasteiger partial charge in [-0.2, -0.15) is 0 Å². The van der Waals surface area contributed by atoms with Crippen molar-refractivity contribution in [3.05, 3.63) is 204 Å². The van der Waals surface area contributed by atoms with Gasteiger partial charge in [0.05, 0.1) is 0 Å². The first-order valence-electron chi connectivity index (χ1n) is 20.0. The molecule has 7 aromatic carbocycles. The molecule has 2 aliphatic rings. The maximum atomic E-state index is 6.14. The van der Waals surface area contributed by atoms with Gasteiger partial charge in [-0.05, 0) is 128 Å². The first kappa shape index (κ1) is 34.8. The van der Waals surface area contributed by atoms with Crippen molar-refractivity contribution < 1.29 is 4.42 Å². The average molecular weight is 736 g/mol. The van der Waals surface area contributed by atoms with Crippen molar-refractivity contribution in [3.8, 4) is 33.4 Å². The largest absolute Gasteiger partial charge is 0.456 e. The van der Waals surface area contributed by atoms with Gasteiger partial charge in [-0.25, -0.2) is 0 Å². The third-order valence-electron chi connectivity index (χ3n) is 12.6. The maximum absolute atomic E-state index is 6.14. The molecule has 0 amide bonds. The minimum absolute atomic E-state index is 0.0443. The lowest BCUT2D eigenvalue weighted by Gasteiger charge is -2.29. The summed E-state index contributed by atoms with van der Waals surface area (Å²) >= 11 is 0. The Morgan fingerprint density at radius 1 is 0.509 bits per heavy atom. The van der Waals surface area contributed by atoms with E-state index in [1.165, 1.54) is 55.7 Å². The third-order valence-corrected chi connectivity index (χ3v) is 12.6. The molecule has 0 saturated heterocycles. The monoisotopic (exact) mass is 735 g/mol. The van der Waals surface area contributed by atoms with Gasteiger partial charge in [-0.3, -0.25) is 0 Å². The van der Waals surface area contributed by atoms with Crippen LogP contribution in [-0.2, 0) is 10.8 Å². The summed E-state index contributed by atoms with van der Waals surface area (Å²) in [7, 11) is 0. The number of fused-ring (bicyclic) bond motifs is 7. The second-order valence-electron chi connectivity index (χ2n) is 16.5. The molecule has 57 heavy (non-hydrogen) atoms. The van der Waals surface area contributed by atoms with Crippen LogP contribution in [-0.4, -0.2) is 0 Å². The average Bonchev–Trinajstić information content (AvgIpc) is 3.80. The van der Waals surface area contributed by atoms with E-state index in [0.717, 1.165) is 50.1 Å². The standard InChI is InChI=1S/C55H45NO/c1-7-14-42-43-31-30-40(34-50(43)54(3,4)47(42)8-2)56(38-26-21-35(22-27-38)37-25-32-52-46(33-37)44-15-10-12-20-51(44)57-52)39-28-23-36(24-29-39)41-17-13-19-49-53(41)45-16-9-11-18-48(45)55(49,5)6/h7-34H,2H2,1,3-6H3/b14-7-. The number of benzene rings is 7. The summed E-state index contributed by atoms with van der Waals surface area (Å²) in [4.78, 5) is 2.39. The summed E-state index contributed by atoms with van der Waals surface area (Å²) in [6.07, 6.45) is 6.39. The number of furan rings is 1. The van der Waals surface area contributed by atoms with E-state index in [-0.39, 0.29) is 10.8 Å². The molecule has 2 heteroatoms. The Bertz CT molecular complexity index is 2970. The Morgan fingerprint density at radius 2 is 1.14 bits per heavy atom. The quantitative estimate of drug-likeness (QED) is 0.162. The molecule has 0 spiro atoms. The fourth-order valence-corrected chi connectivity index (χ4v) is 9.70. The molecule has 2 nitrogen and oxygen atoms in total. The number of hydrogen-bond acceptors (Lipinski definition) is 2. The lowest BCUT2D eigenvalue weighted by atomic mass is 9.81. The van der Waals surface area contributed by atoms with Crippen LogP contribution in [0.1, 0.15) is 56.9 Å². The number of para-hydroxylation sites is 1. The van der Waals surface area contributed by atoms with E-state index in [1.54, 1.807) is 0 Å². The van der Waals surface area contributed by atoms with Crippen molar-refractivity contribution in [2.75, 3.05) is 4.90 Å². The van der Waals surface area contributed by atoms with E-state index < -0.39 is 0 Å². The molecule has 0 radical (unpaired) electrons. The molecule has 1 heterocycles. The van der Waals surface area contributed by atoms with Crippen molar-refractivity contribution >= 4 is 44.6 Å². The molecule has 0 fully saturated rings. The van der Waals surface area contributed by atoms with Crippen LogP contribution in [0.15, 0.2) is 186 Å². The molecule has 0 saturated carbocycles. The van der Waals surface area contributed by atoms with E-state index in [1.807, 2.05) is 18.2 Å². The molecule has 1 aromatic heterocycles. The summed E-state index contributed by atoms with van der Waals surface area (Å²) in [6.45, 7) is 15.6. The van der Waals surface area contributed by atoms with Gasteiger partial charge >= 0.3 is 0 Å². The molecule has 2 aliphatic carbocycles. The Labute approximate surface area is 335 Å². The number of hydrogen-bond donors (Lipinski definition) is 0. The van der Waals surface area contributed by atoms with Crippen LogP contribution in [0.2, 0.25) is 0 Å². The second-order valence-corrected chi connectivity index (χ2v) is 16.5. The molecule has 0 bridgehead atoms. The summed E-state index contributed by atoms with van der Waals surface area (Å²) in [5.41, 5.74) is 20.3. The predicted octanol–water partition coefficient (Wildman–Crippen LogP) is 15.5. The van der Waals surface area contributed by atoms with Crippen LogP contribution in [0, 0.1) is 0 Å². The van der Waals surface area contributed by atoms with Crippen molar-refractivity contribution in [2.24, 2.45) is 0 Å². The molecule has 276 valence electrons. The first-order chi connectivity index (χ1) is 27.7. The highest BCUT2D eigenvalue weighted by Crippen LogP contribution is 2.53. The van der Waals surface area contributed by atoms with Gasteiger partial charge in [-0.15, -0.1) is 0 Å². The smallest absolute Gasteiger partial charge is 0.135 e. The molecule has 10 rings (SSSR count). The highest BCUT2D eigenvalue weighted by molar-refractivity contribution is 6.06. The zero-order valence-corrected chi connectivity index (χ0v) is 33.2. The van der Waals surface area contributed by atoms with E-state index in [2.05, 4.69) is 198 Å². The Balaban J connectivity index is 1.08. The Kier molecular flexibility index (Phi) is 7.92. The number of anilines is 3. The van der Waals surface area contributed by atoms with Gasteiger partial charge in [0.2, 0.25) is 0 Å². The van der Waals surface area contributed by atoms with Crippen LogP contribution in [0.25, 0.3) is 60.9 Å². The number of rotatable bonds is 7. The highest BCUT2D eigenvalue weighted by Gasteiger charge is 2.37. The molecular formula is C55H45NO. The Hall–Kier alpha value is -6.64.